The van der Waals surface area contributed by atoms with Gasteiger partial charge < -0.3 is 14.2 Å². The van der Waals surface area contributed by atoms with Gasteiger partial charge in [-0.05, 0) is 109 Å². The van der Waals surface area contributed by atoms with Gasteiger partial charge in [0, 0.05) is 12.8 Å². The minimum Gasteiger partial charge on any atom is -0.462 e. The largest absolute Gasteiger partial charge is 0.462 e. The van der Waals surface area contributed by atoms with Gasteiger partial charge in [-0.3, -0.25) is 14.4 Å². The van der Waals surface area contributed by atoms with Crippen LogP contribution < -0.4 is 0 Å². The second-order valence-electron chi connectivity index (χ2n) is 21.7. The summed E-state index contributed by atoms with van der Waals surface area (Å²) >= 11 is 0. The maximum Gasteiger partial charge on any atom is 0.310 e. The minimum absolute atomic E-state index is 0.0916. The number of carbonyl (C=O) groups excluding carboxylic acids is 3. The molecule has 0 spiro atoms. The van der Waals surface area contributed by atoms with Gasteiger partial charge in [-0.2, -0.15) is 0 Å². The van der Waals surface area contributed by atoms with Gasteiger partial charge in [-0.15, -0.1) is 0 Å². The van der Waals surface area contributed by atoms with Crippen LogP contribution in [-0.4, -0.2) is 37.2 Å². The molecule has 0 aromatic heterocycles. The summed E-state index contributed by atoms with van der Waals surface area (Å²) in [4.78, 5) is 38.2. The van der Waals surface area contributed by atoms with Crippen LogP contribution in [-0.2, 0) is 28.6 Å². The topological polar surface area (TPSA) is 78.9 Å². The van der Waals surface area contributed by atoms with E-state index >= 15 is 0 Å². The van der Waals surface area contributed by atoms with Crippen LogP contribution in [0.5, 0.6) is 0 Å². The highest BCUT2D eigenvalue weighted by atomic mass is 16.6. The second kappa shape index (κ2) is 66.3. The van der Waals surface area contributed by atoms with Crippen molar-refractivity contribution in [1.82, 2.24) is 0 Å². The van der Waals surface area contributed by atoms with Crippen molar-refractivity contribution in [2.24, 2.45) is 0 Å². The third-order valence-corrected chi connectivity index (χ3v) is 13.9. The van der Waals surface area contributed by atoms with Crippen LogP contribution in [0.3, 0.4) is 0 Å². The molecule has 0 fully saturated rings. The number of unbranched alkanes of at least 4 members (excludes halogenated alkanes) is 29. The van der Waals surface area contributed by atoms with E-state index in [0.717, 1.165) is 109 Å². The Balaban J connectivity index is 4.21. The lowest BCUT2D eigenvalue weighted by Crippen LogP contribution is -2.30. The average molecular weight is 1100 g/mol. The van der Waals surface area contributed by atoms with Crippen LogP contribution in [0.2, 0.25) is 0 Å². The predicted octanol–water partition coefficient (Wildman–Crippen LogP) is 22.8. The van der Waals surface area contributed by atoms with E-state index in [9.17, 15) is 14.4 Å². The summed E-state index contributed by atoms with van der Waals surface area (Å²) in [6.07, 6.45) is 92.6. The molecule has 450 valence electrons. The fourth-order valence-corrected chi connectivity index (χ4v) is 9.04. The van der Waals surface area contributed by atoms with Crippen molar-refractivity contribution >= 4 is 17.9 Å². The molecule has 0 N–H and O–H groups in total. The summed E-state index contributed by atoms with van der Waals surface area (Å²) in [5.41, 5.74) is 0. The Kier molecular flexibility index (Phi) is 62.8. The number of hydrogen-bond acceptors (Lipinski definition) is 6. The van der Waals surface area contributed by atoms with Crippen molar-refractivity contribution in [3.63, 3.8) is 0 Å². The van der Waals surface area contributed by atoms with Crippen LogP contribution in [0.25, 0.3) is 0 Å². The number of rotatable bonds is 59. The molecule has 1 atom stereocenters. The number of hydrogen-bond donors (Lipinski definition) is 0. The first-order chi connectivity index (χ1) is 39.0. The fraction of sp³-hybridized carbons (Fsp3) is 0.685. The lowest BCUT2D eigenvalue weighted by atomic mass is 10.0. The van der Waals surface area contributed by atoms with Crippen LogP contribution in [0.1, 0.15) is 303 Å². The molecule has 0 rings (SSSR count). The SMILES string of the molecule is CC/C=C\C/C=C\C/C=C\C/C=C\C/C=C\CC(=O)OC(COC(=O)CCCCCCC/C=C\C/C=C\CCC)COC(=O)CCCCCCCCCCCCCCCCCCCC/C=C\C/C=C\C/C=C\CCCCCCC. The summed E-state index contributed by atoms with van der Waals surface area (Å²) in [6, 6.07) is 0. The van der Waals surface area contributed by atoms with E-state index in [2.05, 4.69) is 130 Å². The highest BCUT2D eigenvalue weighted by Gasteiger charge is 2.19. The van der Waals surface area contributed by atoms with Crippen molar-refractivity contribution in [3.8, 4) is 0 Å². The Morgan fingerprint density at radius 2 is 0.557 bits per heavy atom. The van der Waals surface area contributed by atoms with Crippen LogP contribution in [0.4, 0.5) is 0 Å². The zero-order chi connectivity index (χ0) is 57.1. The zero-order valence-electron chi connectivity index (χ0n) is 51.6. The zero-order valence-corrected chi connectivity index (χ0v) is 51.6. The molecule has 0 aromatic carbocycles. The van der Waals surface area contributed by atoms with E-state index in [4.69, 9.17) is 14.2 Å². The molecule has 0 aromatic rings. The van der Waals surface area contributed by atoms with E-state index < -0.39 is 12.1 Å². The highest BCUT2D eigenvalue weighted by molar-refractivity contribution is 5.72. The molecule has 0 aliphatic heterocycles. The Morgan fingerprint density at radius 3 is 0.886 bits per heavy atom. The first kappa shape index (κ1) is 74.8. The molecule has 6 heteroatoms. The number of allylic oxidation sites excluding steroid dienone is 19. The van der Waals surface area contributed by atoms with Gasteiger partial charge in [-0.25, -0.2) is 0 Å². The summed E-state index contributed by atoms with van der Waals surface area (Å²) in [7, 11) is 0. The molecule has 0 aliphatic rings. The maximum absolute atomic E-state index is 12.8. The lowest BCUT2D eigenvalue weighted by molar-refractivity contribution is -0.166. The number of ether oxygens (including phenoxy) is 3. The molecular formula is C73H122O6. The molecule has 1 unspecified atom stereocenters. The summed E-state index contributed by atoms with van der Waals surface area (Å²) in [6.45, 7) is 6.37. The quantitative estimate of drug-likeness (QED) is 0.0261. The molecule has 6 nitrogen and oxygen atoms in total. The monoisotopic (exact) mass is 1090 g/mol. The number of carbonyl (C=O) groups is 3. The van der Waals surface area contributed by atoms with E-state index in [-0.39, 0.29) is 31.6 Å². The van der Waals surface area contributed by atoms with Gasteiger partial charge in [0.2, 0.25) is 0 Å². The van der Waals surface area contributed by atoms with Gasteiger partial charge in [0.15, 0.2) is 6.10 Å². The Hall–Kier alpha value is -4.19. The van der Waals surface area contributed by atoms with Crippen molar-refractivity contribution < 1.29 is 28.6 Å². The highest BCUT2D eigenvalue weighted by Crippen LogP contribution is 2.16. The Morgan fingerprint density at radius 1 is 0.278 bits per heavy atom. The van der Waals surface area contributed by atoms with Crippen molar-refractivity contribution in [2.75, 3.05) is 13.2 Å². The molecule has 79 heavy (non-hydrogen) atoms. The fourth-order valence-electron chi connectivity index (χ4n) is 9.04. The van der Waals surface area contributed by atoms with Gasteiger partial charge in [0.05, 0.1) is 6.42 Å². The summed E-state index contributed by atoms with van der Waals surface area (Å²) in [5, 5.41) is 0. The predicted molar refractivity (Wildman–Crippen MR) is 343 cm³/mol. The standard InChI is InChI=1S/C73H122O6/c1-4-7-10-13-16-19-22-25-27-28-29-30-31-32-33-34-35-36-37-38-39-40-41-42-43-44-46-48-51-54-57-60-63-66-72(75)78-69-70(68-77-71(74)65-62-59-56-53-50-47-24-21-18-15-12-9-6-3)79-73(76)67-64-61-58-55-52-49-45-26-23-20-17-14-11-8-5-2/h8,11-12,15,17,20-22,24-26,28-29,31-32,45,52,55,61,64,70H,4-7,9-10,13-14,16,18-19,23,27,30,33-44,46-51,53-54,56-60,62-63,65-69H2,1-3H3/b11-8-,15-12-,20-17-,24-21-,25-22-,29-28-,32-31-,45-26-,55-52-,64-61-. The first-order valence-electron chi connectivity index (χ1n) is 33.0. The van der Waals surface area contributed by atoms with E-state index in [1.165, 1.54) is 148 Å². The van der Waals surface area contributed by atoms with E-state index in [0.29, 0.717) is 19.3 Å². The Bertz CT molecular complexity index is 1640. The maximum atomic E-state index is 12.8. The molecular weight excluding hydrogens is 973 g/mol. The third-order valence-electron chi connectivity index (χ3n) is 13.9. The minimum atomic E-state index is -0.840. The lowest BCUT2D eigenvalue weighted by Gasteiger charge is -2.18. The van der Waals surface area contributed by atoms with Crippen LogP contribution >= 0.6 is 0 Å². The molecule has 0 bridgehead atoms. The third kappa shape index (κ3) is 64.5. The van der Waals surface area contributed by atoms with Crippen molar-refractivity contribution in [2.45, 2.75) is 309 Å². The Labute approximate surface area is 488 Å². The normalized spacial score (nSPS) is 12.9. The molecule has 0 amide bonds. The van der Waals surface area contributed by atoms with Crippen LogP contribution in [0.15, 0.2) is 122 Å². The molecule has 0 aliphatic carbocycles. The first-order valence-corrected chi connectivity index (χ1v) is 33.0. The molecule has 0 saturated heterocycles. The average Bonchev–Trinajstić information content (AvgIpc) is 3.45. The van der Waals surface area contributed by atoms with Gasteiger partial charge in [0.25, 0.3) is 0 Å². The van der Waals surface area contributed by atoms with Gasteiger partial charge in [-0.1, -0.05) is 296 Å². The van der Waals surface area contributed by atoms with Crippen LogP contribution in [0, 0.1) is 0 Å². The van der Waals surface area contributed by atoms with E-state index in [1.807, 2.05) is 6.08 Å². The number of esters is 3. The summed E-state index contributed by atoms with van der Waals surface area (Å²) in [5.74, 6) is -1.06. The van der Waals surface area contributed by atoms with Gasteiger partial charge in [0.1, 0.15) is 13.2 Å². The smallest absolute Gasteiger partial charge is 0.310 e. The second-order valence-corrected chi connectivity index (χ2v) is 21.7. The molecule has 0 saturated carbocycles. The molecule has 0 radical (unpaired) electrons. The van der Waals surface area contributed by atoms with Gasteiger partial charge >= 0.3 is 17.9 Å². The van der Waals surface area contributed by atoms with Crippen molar-refractivity contribution in [3.05, 3.63) is 122 Å². The molecule has 0 heterocycles. The van der Waals surface area contributed by atoms with Crippen molar-refractivity contribution in [1.29, 1.82) is 0 Å². The summed E-state index contributed by atoms with van der Waals surface area (Å²) < 4.78 is 16.8. The van der Waals surface area contributed by atoms with E-state index in [1.54, 1.807) is 6.08 Å².